The van der Waals surface area contributed by atoms with E-state index < -0.39 is 5.03 Å². The predicted octanol–water partition coefficient (Wildman–Crippen LogP) is -1.43. The first kappa shape index (κ1) is 8.23. The average Bonchev–Trinajstić information content (AvgIpc) is 2.15. The predicted molar refractivity (Wildman–Crippen MR) is 29.2 cm³/mol. The Hall–Kier alpha value is -1.77. The maximum Gasteiger partial charge on any atom is 0.190 e. The van der Waals surface area contributed by atoms with Crippen molar-refractivity contribution in [2.75, 3.05) is 5.53 Å². The van der Waals surface area contributed by atoms with Crippen LogP contribution in [0.2, 0.25) is 0 Å². The molecule has 56 valence electrons. The van der Waals surface area contributed by atoms with Crippen LogP contribution in [0.3, 0.4) is 0 Å². The number of tetrazole rings is 1. The molecule has 1 aromatic rings. The van der Waals surface area contributed by atoms with Crippen LogP contribution in [-0.4, -0.2) is 25.3 Å². The van der Waals surface area contributed by atoms with Crippen LogP contribution in [0.25, 0.3) is 0 Å². The highest BCUT2D eigenvalue weighted by Crippen LogP contribution is 1.64. The van der Waals surface area contributed by atoms with E-state index in [4.69, 9.17) is 0 Å². The number of hydrazine groups is 1. The summed E-state index contributed by atoms with van der Waals surface area (Å²) in [6, 6.07) is 0. The van der Waals surface area contributed by atoms with Crippen molar-refractivity contribution >= 4 is 0 Å². The first-order valence-corrected chi connectivity index (χ1v) is 1.93. The Morgan fingerprint density at radius 2 is 2.40 bits per heavy atom. The largest absolute Gasteiger partial charge is 0.344 e. The second-order valence-electron chi connectivity index (χ2n) is 1.08. The van der Waals surface area contributed by atoms with Gasteiger partial charge < -0.3 is 16.3 Å². The molecule has 0 aliphatic heterocycles. The number of rotatable bonds is 2. The standard InChI is InChI=1S/CH2N6O2.H3N/c8-7(9)5-6-3-1-2-4-6;/h1,5H;1H3. The summed E-state index contributed by atoms with van der Waals surface area (Å²) in [7, 11) is 0. The molecule has 0 saturated carbocycles. The van der Waals surface area contributed by atoms with E-state index in [2.05, 4.69) is 15.4 Å². The third kappa shape index (κ3) is 2.00. The molecule has 0 atom stereocenters. The highest BCUT2D eigenvalue weighted by atomic mass is 16.7. The summed E-state index contributed by atoms with van der Waals surface area (Å²) in [5, 5.41) is 18.5. The summed E-state index contributed by atoms with van der Waals surface area (Å²) < 4.78 is 0. The van der Waals surface area contributed by atoms with E-state index in [1.807, 2.05) is 0 Å². The Bertz CT molecular complexity index is 191. The summed E-state index contributed by atoms with van der Waals surface area (Å²) in [5.41, 5.74) is 1.64. The molecule has 0 aromatic carbocycles. The minimum Gasteiger partial charge on any atom is -0.344 e. The molecule has 0 unspecified atom stereocenters. The Morgan fingerprint density at radius 1 is 1.70 bits per heavy atom. The van der Waals surface area contributed by atoms with Gasteiger partial charge in [0.15, 0.2) is 6.33 Å². The zero-order valence-electron chi connectivity index (χ0n) is 4.84. The zero-order valence-corrected chi connectivity index (χ0v) is 4.84. The highest BCUT2D eigenvalue weighted by Gasteiger charge is 1.96. The molecule has 1 aromatic heterocycles. The molecule has 0 fully saturated rings. The number of nitrogens with zero attached hydrogens (tertiary/aromatic N) is 5. The van der Waals surface area contributed by atoms with Gasteiger partial charge >= 0.3 is 0 Å². The highest BCUT2D eigenvalue weighted by molar-refractivity contribution is 4.39. The molecule has 0 bridgehead atoms. The van der Waals surface area contributed by atoms with Gasteiger partial charge in [0.05, 0.1) is 15.2 Å². The fourth-order valence-corrected chi connectivity index (χ4v) is 0.286. The van der Waals surface area contributed by atoms with Crippen molar-refractivity contribution < 1.29 is 5.03 Å². The summed E-state index contributed by atoms with van der Waals surface area (Å²) in [4.78, 5) is 10.3. The summed E-state index contributed by atoms with van der Waals surface area (Å²) >= 11 is 0. The first-order chi connectivity index (χ1) is 4.29. The molecule has 9 nitrogen and oxygen atoms in total. The first-order valence-electron chi connectivity index (χ1n) is 1.93. The Kier molecular flexibility index (Phi) is 2.71. The van der Waals surface area contributed by atoms with Crippen LogP contribution >= 0.6 is 0 Å². The lowest BCUT2D eigenvalue weighted by atomic mass is 11.4. The van der Waals surface area contributed by atoms with E-state index in [1.54, 1.807) is 5.53 Å². The van der Waals surface area contributed by atoms with E-state index in [-0.39, 0.29) is 6.15 Å². The molecular weight excluding hydrogens is 142 g/mol. The lowest BCUT2D eigenvalue weighted by molar-refractivity contribution is -0.464. The van der Waals surface area contributed by atoms with Crippen molar-refractivity contribution in [3.63, 3.8) is 0 Å². The van der Waals surface area contributed by atoms with Crippen LogP contribution in [0.1, 0.15) is 0 Å². The summed E-state index contributed by atoms with van der Waals surface area (Å²) in [6.45, 7) is 0. The smallest absolute Gasteiger partial charge is 0.190 e. The van der Waals surface area contributed by atoms with Crippen molar-refractivity contribution in [2.45, 2.75) is 0 Å². The van der Waals surface area contributed by atoms with Gasteiger partial charge in [-0.3, -0.25) is 0 Å². The molecule has 0 amide bonds. The van der Waals surface area contributed by atoms with Gasteiger partial charge in [0.2, 0.25) is 0 Å². The normalized spacial score (nSPS) is 8.00. The topological polar surface area (TPSA) is 134 Å². The summed E-state index contributed by atoms with van der Waals surface area (Å²) in [6.07, 6.45) is 1.08. The molecule has 9 heteroatoms. The van der Waals surface area contributed by atoms with Gasteiger partial charge in [0.25, 0.3) is 0 Å². The maximum atomic E-state index is 9.63. The van der Waals surface area contributed by atoms with Crippen molar-refractivity contribution in [2.24, 2.45) is 0 Å². The molecule has 0 spiro atoms. The molecule has 0 aliphatic carbocycles. The van der Waals surface area contributed by atoms with Crippen LogP contribution < -0.4 is 11.7 Å². The van der Waals surface area contributed by atoms with E-state index in [1.165, 1.54) is 0 Å². The van der Waals surface area contributed by atoms with E-state index in [9.17, 15) is 10.1 Å². The van der Waals surface area contributed by atoms with E-state index in [0.717, 1.165) is 6.33 Å². The van der Waals surface area contributed by atoms with Crippen molar-refractivity contribution in [3.8, 4) is 0 Å². The quantitative estimate of drug-likeness (QED) is 0.386. The molecule has 0 saturated heterocycles. The SMILES string of the molecule is N.O=[N+]([O-])Nn1ncnn1. The monoisotopic (exact) mass is 147 g/mol. The van der Waals surface area contributed by atoms with Crippen LogP contribution in [0.5, 0.6) is 0 Å². The van der Waals surface area contributed by atoms with Gasteiger partial charge in [-0.25, -0.2) is 0 Å². The van der Waals surface area contributed by atoms with Crippen molar-refractivity contribution in [3.05, 3.63) is 16.4 Å². The molecule has 1 rings (SSSR count). The lowest BCUT2D eigenvalue weighted by Gasteiger charge is -1.88. The van der Waals surface area contributed by atoms with Crippen LogP contribution in [0, 0.1) is 10.1 Å². The minimum absolute atomic E-state index is 0. The van der Waals surface area contributed by atoms with Crippen LogP contribution in [0.15, 0.2) is 6.33 Å². The summed E-state index contributed by atoms with van der Waals surface area (Å²) in [5.74, 6) is 0. The fourth-order valence-electron chi connectivity index (χ4n) is 0.286. The average molecular weight is 147 g/mol. The van der Waals surface area contributed by atoms with Crippen LogP contribution in [-0.2, 0) is 0 Å². The molecule has 0 radical (unpaired) electrons. The van der Waals surface area contributed by atoms with Crippen molar-refractivity contribution in [1.29, 1.82) is 0 Å². The molecule has 4 N–H and O–H groups in total. The fraction of sp³-hybridized carbons (Fsp3) is 0. The second kappa shape index (κ2) is 3.29. The minimum atomic E-state index is -0.790. The van der Waals surface area contributed by atoms with E-state index in [0.29, 0.717) is 4.91 Å². The number of aromatic nitrogens is 4. The van der Waals surface area contributed by atoms with Crippen LogP contribution in [0.4, 0.5) is 0 Å². The Balaban J connectivity index is 0.000000810. The maximum absolute atomic E-state index is 9.63. The van der Waals surface area contributed by atoms with Gasteiger partial charge in [-0.15, -0.1) is 0 Å². The van der Waals surface area contributed by atoms with Gasteiger partial charge in [-0.1, -0.05) is 5.10 Å². The molecule has 10 heavy (non-hydrogen) atoms. The van der Waals surface area contributed by atoms with Crippen molar-refractivity contribution in [1.82, 2.24) is 26.5 Å². The third-order valence-electron chi connectivity index (χ3n) is 0.520. The Morgan fingerprint density at radius 3 is 2.80 bits per heavy atom. The third-order valence-corrected chi connectivity index (χ3v) is 0.520. The van der Waals surface area contributed by atoms with Gasteiger partial charge in [-0.05, 0) is 10.6 Å². The van der Waals surface area contributed by atoms with E-state index >= 15 is 0 Å². The molecule has 1 heterocycles. The number of hydrogen-bond acceptors (Lipinski definition) is 6. The lowest BCUT2D eigenvalue weighted by Crippen LogP contribution is -2.23. The second-order valence-corrected chi connectivity index (χ2v) is 1.08. The number of nitro groups is 1. The zero-order chi connectivity index (χ0) is 6.69. The molecule has 0 aliphatic rings. The molecular formula is CH5N7O2. The van der Waals surface area contributed by atoms with Gasteiger partial charge in [-0.2, -0.15) is 0 Å². The van der Waals surface area contributed by atoms with Gasteiger partial charge in [0.1, 0.15) is 0 Å². The van der Waals surface area contributed by atoms with Gasteiger partial charge in [0, 0.05) is 0 Å². The number of nitrogens with one attached hydrogen (secondary N) is 1. The Labute approximate surface area is 54.7 Å². The number of hydrogen-bond donors (Lipinski definition) is 2.